The molecule has 0 aliphatic rings. The van der Waals surface area contributed by atoms with Crippen LogP contribution in [-0.4, -0.2) is 18.6 Å². The zero-order valence-corrected chi connectivity index (χ0v) is 15.0. The monoisotopic (exact) mass is 362 g/mol. The third kappa shape index (κ3) is 4.54. The molecule has 2 rings (SSSR count). The van der Waals surface area contributed by atoms with E-state index in [0.717, 1.165) is 28.3 Å². The minimum absolute atomic E-state index is 0.0806. The van der Waals surface area contributed by atoms with Gasteiger partial charge in [-0.25, -0.2) is 0 Å². The van der Waals surface area contributed by atoms with Crippen LogP contribution in [0.1, 0.15) is 37.0 Å². The second kappa shape index (κ2) is 8.21. The third-order valence-electron chi connectivity index (χ3n) is 3.93. The number of halogens is 3. The van der Waals surface area contributed by atoms with E-state index >= 15 is 0 Å². The largest absolute Gasteiger partial charge is 0.493 e. The van der Waals surface area contributed by atoms with Crippen molar-refractivity contribution in [2.24, 2.45) is 0 Å². The first-order valence-corrected chi connectivity index (χ1v) is 8.43. The lowest BCUT2D eigenvalue weighted by Crippen LogP contribution is -2.20. The zero-order chi connectivity index (χ0) is 19.3. The average Bonchev–Trinajstić information content (AvgIpc) is 2.59. The van der Waals surface area contributed by atoms with Crippen LogP contribution in [0, 0.1) is 6.92 Å². The molecule has 138 valence electrons. The predicted molar refractivity (Wildman–Crippen MR) is 98.7 cm³/mol. The highest BCUT2D eigenvalue weighted by atomic mass is 19.4. The molecule has 0 aliphatic heterocycles. The fourth-order valence-electron chi connectivity index (χ4n) is 2.64. The maximum Gasteiger partial charge on any atom is 0.454 e. The fraction of sp³-hybridized carbons (Fsp3) is 0.286. The predicted octanol–water partition coefficient (Wildman–Crippen LogP) is 6.08. The molecule has 0 aliphatic carbocycles. The van der Waals surface area contributed by atoms with E-state index in [9.17, 15) is 18.0 Å². The van der Waals surface area contributed by atoms with Crippen LogP contribution in [0.3, 0.4) is 0 Å². The standard InChI is InChI=1S/C21H21F3O2/c1-4-6-7-17-14(3)8-9-15-12-16(10-11-18(15)17)19(26-5-2)13-20(25)21(22,23)24/h6-13H,4-5H2,1-3H3/b7-6-,19-13-. The molecule has 2 nitrogen and oxygen atoms in total. The van der Waals surface area contributed by atoms with Gasteiger partial charge in [-0.3, -0.25) is 4.79 Å². The first kappa shape index (κ1) is 19.8. The van der Waals surface area contributed by atoms with Gasteiger partial charge < -0.3 is 4.74 Å². The highest BCUT2D eigenvalue weighted by Crippen LogP contribution is 2.28. The number of fused-ring (bicyclic) bond motifs is 1. The van der Waals surface area contributed by atoms with Crippen LogP contribution < -0.4 is 0 Å². The maximum atomic E-state index is 12.6. The van der Waals surface area contributed by atoms with Crippen LogP contribution >= 0.6 is 0 Å². The van der Waals surface area contributed by atoms with Crippen molar-refractivity contribution in [1.29, 1.82) is 0 Å². The van der Waals surface area contributed by atoms with Crippen LogP contribution in [0.4, 0.5) is 13.2 Å². The smallest absolute Gasteiger partial charge is 0.454 e. The van der Waals surface area contributed by atoms with Gasteiger partial charge in [0, 0.05) is 11.6 Å². The van der Waals surface area contributed by atoms with Gasteiger partial charge in [-0.15, -0.1) is 0 Å². The molecule has 0 spiro atoms. The Hall–Kier alpha value is -2.56. The van der Waals surface area contributed by atoms with Gasteiger partial charge in [0.1, 0.15) is 5.76 Å². The lowest BCUT2D eigenvalue weighted by atomic mass is 9.97. The van der Waals surface area contributed by atoms with Crippen LogP contribution in [0.25, 0.3) is 22.6 Å². The average molecular weight is 362 g/mol. The van der Waals surface area contributed by atoms with Gasteiger partial charge in [0.05, 0.1) is 6.61 Å². The van der Waals surface area contributed by atoms with Crippen molar-refractivity contribution >= 4 is 28.4 Å². The second-order valence-corrected chi connectivity index (χ2v) is 5.85. The summed E-state index contributed by atoms with van der Waals surface area (Å²) in [5.74, 6) is -2.01. The Labute approximate surface area is 151 Å². The van der Waals surface area contributed by atoms with Gasteiger partial charge in [-0.1, -0.05) is 43.3 Å². The van der Waals surface area contributed by atoms with Crippen molar-refractivity contribution < 1.29 is 22.7 Å². The summed E-state index contributed by atoms with van der Waals surface area (Å²) in [5.41, 5.74) is 2.62. The zero-order valence-electron chi connectivity index (χ0n) is 15.0. The molecule has 0 aromatic heterocycles. The number of benzene rings is 2. The van der Waals surface area contributed by atoms with Crippen LogP contribution in [-0.2, 0) is 9.53 Å². The van der Waals surface area contributed by atoms with E-state index in [1.54, 1.807) is 19.1 Å². The molecule has 0 heterocycles. The van der Waals surface area contributed by atoms with E-state index in [-0.39, 0.29) is 12.4 Å². The second-order valence-electron chi connectivity index (χ2n) is 5.85. The number of aryl methyl sites for hydroxylation is 1. The van der Waals surface area contributed by atoms with Crippen LogP contribution in [0.2, 0.25) is 0 Å². The Morgan fingerprint density at radius 3 is 2.50 bits per heavy atom. The van der Waals surface area contributed by atoms with E-state index in [1.807, 2.05) is 38.1 Å². The van der Waals surface area contributed by atoms with Crippen molar-refractivity contribution in [3.8, 4) is 0 Å². The number of hydrogen-bond acceptors (Lipinski definition) is 2. The number of ketones is 1. The highest BCUT2D eigenvalue weighted by molar-refractivity contribution is 6.00. The van der Waals surface area contributed by atoms with Crippen molar-refractivity contribution in [3.05, 3.63) is 59.2 Å². The SMILES string of the molecule is CC/C=C\c1c(C)ccc2cc(/C(=C/C(=O)C(F)(F)F)OCC)ccc12. The molecule has 26 heavy (non-hydrogen) atoms. The highest BCUT2D eigenvalue weighted by Gasteiger charge is 2.37. The lowest BCUT2D eigenvalue weighted by molar-refractivity contribution is -0.165. The Morgan fingerprint density at radius 2 is 1.88 bits per heavy atom. The summed E-state index contributed by atoms with van der Waals surface area (Å²) in [6, 6.07) is 9.14. The minimum Gasteiger partial charge on any atom is -0.493 e. The minimum atomic E-state index is -4.92. The number of allylic oxidation sites excluding steroid dienone is 2. The molecule has 5 heteroatoms. The first-order valence-electron chi connectivity index (χ1n) is 8.43. The maximum absolute atomic E-state index is 12.6. The van der Waals surface area contributed by atoms with Gasteiger partial charge in [-0.05, 0) is 48.2 Å². The molecule has 0 fully saturated rings. The van der Waals surface area contributed by atoms with E-state index in [0.29, 0.717) is 11.6 Å². The van der Waals surface area contributed by atoms with Gasteiger partial charge >= 0.3 is 6.18 Å². The van der Waals surface area contributed by atoms with E-state index in [1.165, 1.54) is 0 Å². The van der Waals surface area contributed by atoms with Crippen molar-refractivity contribution in [2.75, 3.05) is 6.61 Å². The Balaban J connectivity index is 2.55. The molecular formula is C21H21F3O2. The summed E-state index contributed by atoms with van der Waals surface area (Å²) in [6.07, 6.45) is 0.600. The topological polar surface area (TPSA) is 26.3 Å². The van der Waals surface area contributed by atoms with Gasteiger partial charge in [0.15, 0.2) is 0 Å². The van der Waals surface area contributed by atoms with Gasteiger partial charge in [-0.2, -0.15) is 13.2 Å². The summed E-state index contributed by atoms with van der Waals surface area (Å²) in [4.78, 5) is 11.3. The summed E-state index contributed by atoms with van der Waals surface area (Å²) in [5, 5.41) is 1.87. The molecule has 0 N–H and O–H groups in total. The Morgan fingerprint density at radius 1 is 1.15 bits per heavy atom. The first-order chi connectivity index (χ1) is 12.3. The summed E-state index contributed by atoms with van der Waals surface area (Å²) in [7, 11) is 0. The number of carbonyl (C=O) groups is 1. The normalized spacial score (nSPS) is 12.8. The molecule has 0 bridgehead atoms. The number of rotatable bonds is 6. The van der Waals surface area contributed by atoms with E-state index in [2.05, 4.69) is 6.08 Å². The number of carbonyl (C=O) groups excluding carboxylic acids is 1. The molecule has 0 saturated heterocycles. The molecule has 0 amide bonds. The van der Waals surface area contributed by atoms with Crippen molar-refractivity contribution in [3.63, 3.8) is 0 Å². The van der Waals surface area contributed by atoms with Crippen molar-refractivity contribution in [1.82, 2.24) is 0 Å². The van der Waals surface area contributed by atoms with Gasteiger partial charge in [0.2, 0.25) is 0 Å². The fourth-order valence-corrected chi connectivity index (χ4v) is 2.64. The third-order valence-corrected chi connectivity index (χ3v) is 3.93. The molecule has 2 aromatic carbocycles. The summed E-state index contributed by atoms with van der Waals surface area (Å²) < 4.78 is 43.0. The number of ether oxygens (including phenoxy) is 1. The Bertz CT molecular complexity index is 861. The number of hydrogen-bond donors (Lipinski definition) is 0. The molecule has 0 unspecified atom stereocenters. The van der Waals surface area contributed by atoms with Crippen LogP contribution in [0.15, 0.2) is 42.5 Å². The molecule has 0 saturated carbocycles. The lowest BCUT2D eigenvalue weighted by Gasteiger charge is -2.12. The molecule has 0 radical (unpaired) electrons. The van der Waals surface area contributed by atoms with E-state index in [4.69, 9.17) is 4.74 Å². The summed E-state index contributed by atoms with van der Waals surface area (Å²) in [6.45, 7) is 5.87. The van der Waals surface area contributed by atoms with Crippen molar-refractivity contribution in [2.45, 2.75) is 33.4 Å². The quantitative estimate of drug-likeness (QED) is 0.460. The Kier molecular flexibility index (Phi) is 6.24. The van der Waals surface area contributed by atoms with E-state index < -0.39 is 12.0 Å². The molecular weight excluding hydrogens is 341 g/mol. The summed E-state index contributed by atoms with van der Waals surface area (Å²) >= 11 is 0. The van der Waals surface area contributed by atoms with Crippen LogP contribution in [0.5, 0.6) is 0 Å². The molecule has 0 atom stereocenters. The van der Waals surface area contributed by atoms with Gasteiger partial charge in [0.25, 0.3) is 5.78 Å². The molecule has 2 aromatic rings. The number of alkyl halides is 3.